The smallest absolute Gasteiger partial charge is 0.261 e. The van der Waals surface area contributed by atoms with E-state index in [9.17, 15) is 4.79 Å². The zero-order chi connectivity index (χ0) is 17.1. The highest BCUT2D eigenvalue weighted by Gasteiger charge is 2.15. The van der Waals surface area contributed by atoms with Crippen molar-refractivity contribution in [3.8, 4) is 0 Å². The van der Waals surface area contributed by atoms with E-state index in [-0.39, 0.29) is 11.5 Å². The molecule has 3 N–H and O–H groups in total. The number of carbonyl (C=O) groups excluding carboxylic acids is 1. The number of ether oxygens (including phenoxy) is 1. The molecule has 0 bridgehead atoms. The van der Waals surface area contributed by atoms with Crippen LogP contribution in [0.5, 0.6) is 0 Å². The molecule has 1 rings (SSSR count). The van der Waals surface area contributed by atoms with Gasteiger partial charge >= 0.3 is 0 Å². The predicted octanol–water partition coefficient (Wildman–Crippen LogP) is 1.85. The quantitative estimate of drug-likeness (QED) is 0.364. The number of amides is 1. The molecule has 0 aliphatic heterocycles. The van der Waals surface area contributed by atoms with Crippen molar-refractivity contribution in [2.24, 2.45) is 4.99 Å². The van der Waals surface area contributed by atoms with Crippen molar-refractivity contribution >= 4 is 23.2 Å². The number of hydrogen-bond acceptors (Lipinski definition) is 4. The lowest BCUT2D eigenvalue weighted by Crippen LogP contribution is -2.40. The number of guanidine groups is 1. The van der Waals surface area contributed by atoms with Gasteiger partial charge in [-0.25, -0.2) is 0 Å². The normalized spacial score (nSPS) is 12.1. The van der Waals surface area contributed by atoms with E-state index in [1.807, 2.05) is 38.3 Å². The summed E-state index contributed by atoms with van der Waals surface area (Å²) in [5, 5.41) is 11.3. The van der Waals surface area contributed by atoms with Crippen LogP contribution in [0.2, 0.25) is 0 Å². The Balaban J connectivity index is 2.27. The van der Waals surface area contributed by atoms with Crippen LogP contribution in [0.15, 0.2) is 22.5 Å². The Morgan fingerprint density at radius 3 is 2.65 bits per heavy atom. The zero-order valence-electron chi connectivity index (χ0n) is 14.4. The monoisotopic (exact) mass is 340 g/mol. The largest absolute Gasteiger partial charge is 0.377 e. The first-order valence-corrected chi connectivity index (χ1v) is 8.75. The molecule has 6 nitrogen and oxygen atoms in total. The van der Waals surface area contributed by atoms with Crippen LogP contribution in [0.25, 0.3) is 0 Å². The van der Waals surface area contributed by atoms with Crippen molar-refractivity contribution in [2.75, 3.05) is 33.3 Å². The van der Waals surface area contributed by atoms with E-state index in [4.69, 9.17) is 4.74 Å². The molecule has 1 aromatic heterocycles. The highest BCUT2D eigenvalue weighted by molar-refractivity contribution is 7.12. The molecule has 0 spiro atoms. The molecule has 1 heterocycles. The Bertz CT molecular complexity index is 486. The third kappa shape index (κ3) is 7.99. The molecule has 0 saturated carbocycles. The summed E-state index contributed by atoms with van der Waals surface area (Å²) < 4.78 is 5.36. The number of thiophene rings is 1. The summed E-state index contributed by atoms with van der Waals surface area (Å²) in [6.45, 7) is 8.78. The number of hydrogen-bond donors (Lipinski definition) is 3. The summed E-state index contributed by atoms with van der Waals surface area (Å²) in [6.07, 6.45) is 0.829. The van der Waals surface area contributed by atoms with Crippen LogP contribution in [0.3, 0.4) is 0 Å². The van der Waals surface area contributed by atoms with E-state index in [0.717, 1.165) is 30.3 Å². The SMILES string of the molecule is CCNC(=NCC(C)(C)OC)NCCCNC(=O)c1cccs1. The molecule has 0 aromatic carbocycles. The lowest BCUT2D eigenvalue weighted by Gasteiger charge is -2.21. The van der Waals surface area contributed by atoms with Gasteiger partial charge in [-0.2, -0.15) is 0 Å². The van der Waals surface area contributed by atoms with Gasteiger partial charge in [-0.15, -0.1) is 11.3 Å². The minimum absolute atomic E-state index is 0.0117. The van der Waals surface area contributed by atoms with Gasteiger partial charge in [-0.05, 0) is 38.6 Å². The van der Waals surface area contributed by atoms with Gasteiger partial charge in [0.05, 0.1) is 17.0 Å². The fraction of sp³-hybridized carbons (Fsp3) is 0.625. The number of nitrogens with zero attached hydrogens (tertiary/aromatic N) is 1. The second-order valence-electron chi connectivity index (χ2n) is 5.67. The molecule has 0 radical (unpaired) electrons. The van der Waals surface area contributed by atoms with Gasteiger partial charge in [0.2, 0.25) is 0 Å². The van der Waals surface area contributed by atoms with E-state index < -0.39 is 0 Å². The maximum Gasteiger partial charge on any atom is 0.261 e. The molecule has 23 heavy (non-hydrogen) atoms. The summed E-state index contributed by atoms with van der Waals surface area (Å²) in [5.41, 5.74) is -0.281. The third-order valence-corrected chi connectivity index (χ3v) is 4.06. The minimum Gasteiger partial charge on any atom is -0.377 e. The molecular weight excluding hydrogens is 312 g/mol. The van der Waals surface area contributed by atoms with Crippen molar-refractivity contribution < 1.29 is 9.53 Å². The Kier molecular flexibility index (Phi) is 8.65. The second kappa shape index (κ2) is 10.2. The molecule has 0 atom stereocenters. The van der Waals surface area contributed by atoms with E-state index in [0.29, 0.717) is 13.1 Å². The molecule has 1 amide bonds. The summed E-state index contributed by atoms with van der Waals surface area (Å²) in [7, 11) is 1.69. The van der Waals surface area contributed by atoms with Crippen molar-refractivity contribution in [1.29, 1.82) is 0 Å². The highest BCUT2D eigenvalue weighted by Crippen LogP contribution is 2.08. The predicted molar refractivity (Wildman–Crippen MR) is 96.3 cm³/mol. The first kappa shape index (κ1) is 19.4. The van der Waals surface area contributed by atoms with Crippen molar-refractivity contribution in [3.05, 3.63) is 22.4 Å². The van der Waals surface area contributed by atoms with Crippen LogP contribution in [0.4, 0.5) is 0 Å². The topological polar surface area (TPSA) is 74.8 Å². The molecule has 7 heteroatoms. The molecule has 0 aliphatic carbocycles. The van der Waals surface area contributed by atoms with Crippen LogP contribution in [0, 0.1) is 0 Å². The van der Waals surface area contributed by atoms with Gasteiger partial charge in [-0.1, -0.05) is 6.07 Å². The van der Waals surface area contributed by atoms with Gasteiger partial charge < -0.3 is 20.7 Å². The highest BCUT2D eigenvalue weighted by atomic mass is 32.1. The molecule has 0 unspecified atom stereocenters. The average molecular weight is 340 g/mol. The van der Waals surface area contributed by atoms with E-state index >= 15 is 0 Å². The Morgan fingerprint density at radius 1 is 1.30 bits per heavy atom. The van der Waals surface area contributed by atoms with E-state index in [1.54, 1.807) is 7.11 Å². The molecule has 1 aromatic rings. The maximum atomic E-state index is 11.8. The Hall–Kier alpha value is -1.60. The van der Waals surface area contributed by atoms with Gasteiger partial charge in [0.15, 0.2) is 5.96 Å². The van der Waals surface area contributed by atoms with Crippen LogP contribution in [-0.2, 0) is 4.74 Å². The third-order valence-electron chi connectivity index (χ3n) is 3.19. The number of aliphatic imine (C=N–C) groups is 1. The standard InChI is InChI=1S/C16H28N4O2S/c1-5-17-15(20-12-16(2,3)22-4)19-10-7-9-18-14(21)13-8-6-11-23-13/h6,8,11H,5,7,9-10,12H2,1-4H3,(H,18,21)(H2,17,19,20). The molecular formula is C16H28N4O2S. The lowest BCUT2D eigenvalue weighted by molar-refractivity contribution is 0.0310. The number of methoxy groups -OCH3 is 1. The van der Waals surface area contributed by atoms with Crippen molar-refractivity contribution in [1.82, 2.24) is 16.0 Å². The molecule has 0 saturated heterocycles. The fourth-order valence-corrected chi connectivity index (χ4v) is 2.31. The number of nitrogens with one attached hydrogen (secondary N) is 3. The fourth-order valence-electron chi connectivity index (χ4n) is 1.67. The van der Waals surface area contributed by atoms with Crippen LogP contribution in [-0.4, -0.2) is 50.8 Å². The first-order chi connectivity index (χ1) is 11.0. The zero-order valence-corrected chi connectivity index (χ0v) is 15.3. The lowest BCUT2D eigenvalue weighted by atomic mass is 10.1. The van der Waals surface area contributed by atoms with E-state index in [2.05, 4.69) is 20.9 Å². The minimum atomic E-state index is -0.281. The number of carbonyl (C=O) groups is 1. The summed E-state index contributed by atoms with van der Waals surface area (Å²) in [6, 6.07) is 3.70. The van der Waals surface area contributed by atoms with Gasteiger partial charge in [0.25, 0.3) is 5.91 Å². The van der Waals surface area contributed by atoms with Crippen LogP contribution in [0.1, 0.15) is 36.9 Å². The van der Waals surface area contributed by atoms with Crippen molar-refractivity contribution in [2.45, 2.75) is 32.8 Å². The average Bonchev–Trinajstić information content (AvgIpc) is 3.06. The maximum absolute atomic E-state index is 11.8. The summed E-state index contributed by atoms with van der Waals surface area (Å²) in [4.78, 5) is 17.0. The van der Waals surface area contributed by atoms with Gasteiger partial charge in [0, 0.05) is 26.7 Å². The molecule has 0 fully saturated rings. The van der Waals surface area contributed by atoms with E-state index in [1.165, 1.54) is 11.3 Å². The first-order valence-electron chi connectivity index (χ1n) is 7.87. The molecule has 130 valence electrons. The van der Waals surface area contributed by atoms with Crippen LogP contribution < -0.4 is 16.0 Å². The van der Waals surface area contributed by atoms with Gasteiger partial charge in [0.1, 0.15) is 0 Å². The van der Waals surface area contributed by atoms with Gasteiger partial charge in [-0.3, -0.25) is 9.79 Å². The second-order valence-corrected chi connectivity index (χ2v) is 6.62. The Labute approximate surface area is 142 Å². The summed E-state index contributed by atoms with van der Waals surface area (Å²) in [5.74, 6) is 0.754. The molecule has 0 aliphatic rings. The van der Waals surface area contributed by atoms with Crippen LogP contribution >= 0.6 is 11.3 Å². The number of rotatable bonds is 9. The Morgan fingerprint density at radius 2 is 2.04 bits per heavy atom. The van der Waals surface area contributed by atoms with Crippen molar-refractivity contribution in [3.63, 3.8) is 0 Å². The summed E-state index contributed by atoms with van der Waals surface area (Å²) >= 11 is 1.45.